The molecule has 0 saturated heterocycles. The van der Waals surface area contributed by atoms with E-state index >= 15 is 0 Å². The van der Waals surface area contributed by atoms with E-state index in [1.54, 1.807) is 12.4 Å². The molecule has 7 nitrogen and oxygen atoms in total. The second-order valence-electron chi connectivity index (χ2n) is 7.54. The van der Waals surface area contributed by atoms with Gasteiger partial charge in [0.05, 0.1) is 17.5 Å². The highest BCUT2D eigenvalue weighted by atomic mass is 35.5. The van der Waals surface area contributed by atoms with E-state index in [2.05, 4.69) is 30.6 Å². The van der Waals surface area contributed by atoms with E-state index in [0.717, 1.165) is 43.0 Å². The summed E-state index contributed by atoms with van der Waals surface area (Å²) in [6, 6.07) is -0.165. The number of halogens is 2. The maximum atomic E-state index is 14.5. The molecule has 1 saturated carbocycles. The summed E-state index contributed by atoms with van der Waals surface area (Å²) >= 11 is 6.20. The Balaban J connectivity index is 1.59. The lowest BCUT2D eigenvalue weighted by Gasteiger charge is -2.31. The number of rotatable bonds is 5. The average molecular weight is 419 g/mol. The van der Waals surface area contributed by atoms with Crippen molar-refractivity contribution in [3.05, 3.63) is 23.4 Å². The molecule has 3 heterocycles. The van der Waals surface area contributed by atoms with Crippen LogP contribution >= 0.6 is 11.6 Å². The second kappa shape index (κ2) is 8.57. The van der Waals surface area contributed by atoms with E-state index in [9.17, 15) is 9.18 Å². The lowest BCUT2D eigenvalue weighted by molar-refractivity contribution is -0.126. The zero-order chi connectivity index (χ0) is 20.4. The van der Waals surface area contributed by atoms with Gasteiger partial charge in [-0.2, -0.15) is 0 Å². The maximum absolute atomic E-state index is 14.5. The first kappa shape index (κ1) is 19.9. The third-order valence-electron chi connectivity index (χ3n) is 5.57. The number of allylic oxidation sites excluding steroid dienone is 1. The number of fused-ring (bicyclic) bond motifs is 1. The van der Waals surface area contributed by atoms with Crippen LogP contribution in [0.2, 0.25) is 0 Å². The number of hydrogen-bond donors (Lipinski definition) is 2. The van der Waals surface area contributed by atoms with Crippen molar-refractivity contribution in [2.24, 2.45) is 15.9 Å². The van der Waals surface area contributed by atoms with Gasteiger partial charge < -0.3 is 10.6 Å². The highest BCUT2D eigenvalue weighted by Gasteiger charge is 2.32. The van der Waals surface area contributed by atoms with Crippen molar-refractivity contribution in [2.75, 3.05) is 11.9 Å². The first-order chi connectivity index (χ1) is 14.1. The summed E-state index contributed by atoms with van der Waals surface area (Å²) in [5, 5.41) is 5.86. The van der Waals surface area contributed by atoms with Crippen LogP contribution in [0.3, 0.4) is 0 Å². The highest BCUT2D eigenvalue weighted by molar-refractivity contribution is 6.29. The number of carbonyl (C=O) groups is 1. The van der Waals surface area contributed by atoms with Crippen LogP contribution in [0.4, 0.5) is 10.2 Å². The molecule has 0 bridgehead atoms. The summed E-state index contributed by atoms with van der Waals surface area (Å²) in [7, 11) is 0. The molecule has 4 rings (SSSR count). The molecule has 0 aromatic carbocycles. The number of carbonyl (C=O) groups excluding carboxylic acids is 1. The molecule has 1 amide bonds. The van der Waals surface area contributed by atoms with Crippen LogP contribution in [0.5, 0.6) is 0 Å². The number of aromatic nitrogens is 2. The van der Waals surface area contributed by atoms with E-state index in [1.165, 1.54) is 0 Å². The first-order valence-corrected chi connectivity index (χ1v) is 10.5. The van der Waals surface area contributed by atoms with Gasteiger partial charge in [-0.1, -0.05) is 12.8 Å². The fraction of sp³-hybridized carbons (Fsp3) is 0.550. The van der Waals surface area contributed by atoms with Gasteiger partial charge in [0, 0.05) is 30.6 Å². The smallest absolute Gasteiger partial charge is 0.225 e. The molecule has 1 aromatic rings. The molecule has 29 heavy (non-hydrogen) atoms. The zero-order valence-electron chi connectivity index (χ0n) is 16.2. The van der Waals surface area contributed by atoms with Gasteiger partial charge in [0.1, 0.15) is 0 Å². The van der Waals surface area contributed by atoms with Gasteiger partial charge >= 0.3 is 0 Å². The van der Waals surface area contributed by atoms with Crippen LogP contribution in [0.1, 0.15) is 44.9 Å². The van der Waals surface area contributed by atoms with Crippen LogP contribution in [-0.2, 0) is 4.79 Å². The van der Waals surface area contributed by atoms with E-state index in [1.807, 2.05) is 6.92 Å². The molecule has 1 fully saturated rings. The molecule has 1 aliphatic carbocycles. The largest absolute Gasteiger partial charge is 0.364 e. The van der Waals surface area contributed by atoms with Gasteiger partial charge in [-0.05, 0) is 31.8 Å². The lowest BCUT2D eigenvalue weighted by atomic mass is 9.84. The summed E-state index contributed by atoms with van der Waals surface area (Å²) in [6.07, 6.45) is 8.41. The predicted octanol–water partition coefficient (Wildman–Crippen LogP) is 2.97. The third kappa shape index (κ3) is 4.17. The van der Waals surface area contributed by atoms with Crippen molar-refractivity contribution in [2.45, 2.75) is 56.6 Å². The Labute approximate surface area is 174 Å². The number of aliphatic imine (C=N–C) groups is 2. The van der Waals surface area contributed by atoms with Crippen molar-refractivity contribution in [3.8, 4) is 0 Å². The third-order valence-corrected chi connectivity index (χ3v) is 5.83. The molecule has 3 aliphatic rings. The van der Waals surface area contributed by atoms with E-state index < -0.39 is 5.82 Å². The van der Waals surface area contributed by atoms with E-state index in [4.69, 9.17) is 11.6 Å². The van der Waals surface area contributed by atoms with Crippen molar-refractivity contribution >= 4 is 41.3 Å². The van der Waals surface area contributed by atoms with E-state index in [-0.39, 0.29) is 35.2 Å². The monoisotopic (exact) mass is 418 g/mol. The van der Waals surface area contributed by atoms with Gasteiger partial charge in [0.25, 0.3) is 0 Å². The average Bonchev–Trinajstić information content (AvgIpc) is 3.13. The van der Waals surface area contributed by atoms with Gasteiger partial charge in [-0.15, -0.1) is 11.6 Å². The lowest BCUT2D eigenvalue weighted by Crippen LogP contribution is -2.43. The highest BCUT2D eigenvalue weighted by Crippen LogP contribution is 2.33. The number of amides is 1. The normalized spacial score (nSPS) is 28.4. The molecule has 154 valence electrons. The van der Waals surface area contributed by atoms with Crippen molar-refractivity contribution in [1.29, 1.82) is 0 Å². The molecular formula is C20H24ClFN6O. The molecule has 2 aliphatic heterocycles. The Kier molecular flexibility index (Phi) is 5.89. The molecule has 1 aromatic heterocycles. The Hall–Kier alpha value is -2.35. The van der Waals surface area contributed by atoms with Crippen molar-refractivity contribution < 1.29 is 9.18 Å². The minimum absolute atomic E-state index is 0.00306. The topological polar surface area (TPSA) is 91.6 Å². The molecule has 9 heteroatoms. The predicted molar refractivity (Wildman–Crippen MR) is 112 cm³/mol. The first-order valence-electron chi connectivity index (χ1n) is 10.1. The minimum Gasteiger partial charge on any atom is -0.364 e. The molecule has 0 radical (unpaired) electrons. The standard InChI is InChI=1S/C20H24ClFN6O/c1-2-23-20(29)12-5-3-4-6-16(12)27-19-15(22)10-26-18(28-19)14-9-25-17-13(14)7-11(21)8-24-17/h8-12,16-17H,2-7H2,1H3,(H,23,29)(H,26,27,28). The number of anilines is 1. The second-order valence-corrected chi connectivity index (χ2v) is 8.10. The number of alkyl halides is 1. The number of hydrogen-bond acceptors (Lipinski definition) is 6. The minimum atomic E-state index is -0.539. The summed E-state index contributed by atoms with van der Waals surface area (Å²) < 4.78 is 14.5. The Morgan fingerprint density at radius 3 is 2.97 bits per heavy atom. The summed E-state index contributed by atoms with van der Waals surface area (Å²) in [6.45, 7) is 2.47. The Morgan fingerprint density at radius 1 is 1.31 bits per heavy atom. The number of nitrogens with zero attached hydrogens (tertiary/aromatic N) is 4. The molecule has 0 spiro atoms. The SMILES string of the molecule is CCNC(=O)C1CCCCC1Nc1nc(C2=C3CC(Cl)C=NC3N=C2)ncc1F. The number of nitrogens with one attached hydrogen (secondary N) is 2. The summed E-state index contributed by atoms with van der Waals surface area (Å²) in [4.78, 5) is 29.7. The van der Waals surface area contributed by atoms with Crippen LogP contribution in [0.15, 0.2) is 21.8 Å². The molecule has 4 atom stereocenters. The molecule has 2 N–H and O–H groups in total. The summed E-state index contributed by atoms with van der Waals surface area (Å²) in [5.41, 5.74) is 1.69. The van der Waals surface area contributed by atoms with Crippen LogP contribution in [0.25, 0.3) is 5.57 Å². The van der Waals surface area contributed by atoms with Crippen LogP contribution < -0.4 is 10.6 Å². The fourth-order valence-corrected chi connectivity index (χ4v) is 4.37. The fourth-order valence-electron chi connectivity index (χ4n) is 4.14. The van der Waals surface area contributed by atoms with Gasteiger partial charge in [-0.3, -0.25) is 14.8 Å². The van der Waals surface area contributed by atoms with Gasteiger partial charge in [-0.25, -0.2) is 14.4 Å². The molecular weight excluding hydrogens is 395 g/mol. The van der Waals surface area contributed by atoms with Crippen LogP contribution in [0, 0.1) is 11.7 Å². The summed E-state index contributed by atoms with van der Waals surface area (Å²) in [5.74, 6) is -0.235. The van der Waals surface area contributed by atoms with Gasteiger partial charge in [0.15, 0.2) is 23.6 Å². The molecule has 4 unspecified atom stereocenters. The van der Waals surface area contributed by atoms with Crippen molar-refractivity contribution in [1.82, 2.24) is 15.3 Å². The quantitative estimate of drug-likeness (QED) is 0.719. The maximum Gasteiger partial charge on any atom is 0.225 e. The van der Waals surface area contributed by atoms with Crippen LogP contribution in [-0.4, -0.2) is 52.4 Å². The Morgan fingerprint density at radius 2 is 2.14 bits per heavy atom. The van der Waals surface area contributed by atoms with Crippen molar-refractivity contribution in [3.63, 3.8) is 0 Å². The van der Waals surface area contributed by atoms with Gasteiger partial charge in [0.2, 0.25) is 5.91 Å². The zero-order valence-corrected chi connectivity index (χ0v) is 17.0. The Bertz CT molecular complexity index is 886. The van der Waals surface area contributed by atoms with E-state index in [0.29, 0.717) is 18.8 Å².